The molecule has 2 amide bonds. The summed E-state index contributed by atoms with van der Waals surface area (Å²) in [5.74, 6) is -1.44. The van der Waals surface area contributed by atoms with Gasteiger partial charge in [0.05, 0.1) is 12.8 Å². The molecule has 1 aliphatic heterocycles. The number of nitrogens with one attached hydrogen (secondary N) is 2. The van der Waals surface area contributed by atoms with Gasteiger partial charge in [0.15, 0.2) is 12.0 Å². The Labute approximate surface area is 311 Å². The highest BCUT2D eigenvalue weighted by Gasteiger charge is 2.44. The molecule has 0 radical (unpaired) electrons. The highest BCUT2D eigenvalue weighted by atomic mass is 32.2. The van der Waals surface area contributed by atoms with Gasteiger partial charge in [0, 0.05) is 30.8 Å². The summed E-state index contributed by atoms with van der Waals surface area (Å²) in [6.07, 6.45) is 4.84. The van der Waals surface area contributed by atoms with Gasteiger partial charge in [-0.25, -0.2) is 4.68 Å². The van der Waals surface area contributed by atoms with Gasteiger partial charge in [0.2, 0.25) is 11.8 Å². The number of carbonyl (C=O) groups is 4. The van der Waals surface area contributed by atoms with Crippen LogP contribution in [0, 0.1) is 0 Å². The highest BCUT2D eigenvalue weighted by Crippen LogP contribution is 2.28. The van der Waals surface area contributed by atoms with E-state index in [1.54, 1.807) is 0 Å². The van der Waals surface area contributed by atoms with Gasteiger partial charge in [-0.1, -0.05) is 83.8 Å². The second kappa shape index (κ2) is 26.0. The molecule has 1 fully saturated rings. The number of amides is 2. The maximum atomic E-state index is 13.5. The van der Waals surface area contributed by atoms with Gasteiger partial charge in [-0.2, -0.15) is 11.8 Å². The smallest absolute Gasteiger partial charge is 0.306 e. The Morgan fingerprint density at radius 2 is 1.46 bits per heavy atom. The van der Waals surface area contributed by atoms with E-state index in [1.165, 1.54) is 18.0 Å². The number of hydrogen-bond donors (Lipinski definition) is 6. The number of aliphatic hydroxyl groups is 4. The van der Waals surface area contributed by atoms with E-state index in [1.807, 2.05) is 0 Å². The van der Waals surface area contributed by atoms with Crippen LogP contribution in [-0.4, -0.2) is 120 Å². The van der Waals surface area contributed by atoms with E-state index in [4.69, 9.17) is 14.2 Å². The van der Waals surface area contributed by atoms with Crippen molar-refractivity contribution in [1.29, 1.82) is 0 Å². The SMILES string of the molecule is CCCCCCC(=O)N[C@H](CSC[C@@H](COC(=O)CCCCCC)OC(=O)CCCCCC)C(=O)Nc1cn([C@@H]2OC(CO)C(O)C(O)C2O)nn1. The first-order valence-corrected chi connectivity index (χ1v) is 19.9. The molecule has 1 aromatic heterocycles. The Hall–Kier alpha value is -2.83. The molecule has 1 aromatic rings. The third-order valence-corrected chi connectivity index (χ3v) is 9.76. The molecule has 0 bridgehead atoms. The molecule has 7 atom stereocenters. The van der Waals surface area contributed by atoms with E-state index in [0.717, 1.165) is 62.5 Å². The average Bonchev–Trinajstić information content (AvgIpc) is 3.59. The highest BCUT2D eigenvalue weighted by molar-refractivity contribution is 7.99. The van der Waals surface area contributed by atoms with Gasteiger partial charge >= 0.3 is 11.9 Å². The molecule has 2 heterocycles. The quantitative estimate of drug-likeness (QED) is 0.0560. The zero-order valence-electron chi connectivity index (χ0n) is 31.0. The first-order valence-electron chi connectivity index (χ1n) is 18.8. The van der Waals surface area contributed by atoms with Crippen LogP contribution in [-0.2, 0) is 33.4 Å². The largest absolute Gasteiger partial charge is 0.462 e. The van der Waals surface area contributed by atoms with Crippen molar-refractivity contribution in [3.05, 3.63) is 6.20 Å². The van der Waals surface area contributed by atoms with Gasteiger partial charge < -0.3 is 45.3 Å². The molecule has 0 aliphatic carbocycles. The Morgan fingerprint density at radius 3 is 2.08 bits per heavy atom. The first kappa shape index (κ1) is 45.3. The second-order valence-electron chi connectivity index (χ2n) is 13.2. The molecule has 0 saturated carbocycles. The third kappa shape index (κ3) is 16.9. The van der Waals surface area contributed by atoms with E-state index < -0.39 is 61.3 Å². The Kier molecular flexibility index (Phi) is 22.7. The number of rotatable bonds is 27. The minimum absolute atomic E-state index is 0.0464. The molecule has 16 nitrogen and oxygen atoms in total. The number of anilines is 1. The fraction of sp³-hybridized carbons (Fsp3) is 0.829. The number of hydrogen-bond acceptors (Lipinski definition) is 14. The molecular weight excluding hydrogens is 698 g/mol. The van der Waals surface area contributed by atoms with Crippen LogP contribution >= 0.6 is 11.8 Å². The fourth-order valence-electron chi connectivity index (χ4n) is 5.46. The lowest BCUT2D eigenvalue weighted by Gasteiger charge is -2.39. The molecule has 4 unspecified atom stereocenters. The fourth-order valence-corrected chi connectivity index (χ4v) is 6.50. The average molecular weight is 760 g/mol. The lowest BCUT2D eigenvalue weighted by atomic mass is 9.98. The molecule has 1 saturated heterocycles. The normalized spacial score (nSPS) is 21.2. The molecular formula is C35H61N5O11S. The number of aromatic nitrogens is 3. The van der Waals surface area contributed by atoms with E-state index in [2.05, 4.69) is 41.7 Å². The Morgan fingerprint density at radius 1 is 0.846 bits per heavy atom. The minimum Gasteiger partial charge on any atom is -0.462 e. The summed E-state index contributed by atoms with van der Waals surface area (Å²) in [7, 11) is 0. The second-order valence-corrected chi connectivity index (χ2v) is 14.3. The molecule has 6 N–H and O–H groups in total. The third-order valence-electron chi connectivity index (χ3n) is 8.58. The van der Waals surface area contributed by atoms with Crippen LogP contribution < -0.4 is 10.6 Å². The summed E-state index contributed by atoms with van der Waals surface area (Å²) >= 11 is 1.25. The van der Waals surface area contributed by atoms with E-state index >= 15 is 0 Å². The zero-order chi connectivity index (χ0) is 38.3. The van der Waals surface area contributed by atoms with Crippen molar-refractivity contribution in [1.82, 2.24) is 20.3 Å². The number of aliphatic hydroxyl groups excluding tert-OH is 4. The lowest BCUT2D eigenvalue weighted by Crippen LogP contribution is -2.56. The van der Waals surface area contributed by atoms with Gasteiger partial charge in [-0.3, -0.25) is 19.2 Å². The summed E-state index contributed by atoms with van der Waals surface area (Å²) in [6, 6.07) is -1.03. The van der Waals surface area contributed by atoms with Crippen LogP contribution in [0.4, 0.5) is 5.82 Å². The van der Waals surface area contributed by atoms with Gasteiger partial charge in [0.25, 0.3) is 0 Å². The van der Waals surface area contributed by atoms with Crippen molar-refractivity contribution < 1.29 is 53.8 Å². The number of carbonyl (C=O) groups excluding carboxylic acids is 4. The number of thioether (sulfide) groups is 1. The minimum atomic E-state index is -1.63. The van der Waals surface area contributed by atoms with Crippen LogP contribution in [0.3, 0.4) is 0 Å². The van der Waals surface area contributed by atoms with Crippen molar-refractivity contribution in [2.45, 2.75) is 160 Å². The van der Waals surface area contributed by atoms with E-state index in [-0.39, 0.29) is 55.1 Å². The molecule has 1 aliphatic rings. The van der Waals surface area contributed by atoms with Crippen molar-refractivity contribution in [3.63, 3.8) is 0 Å². The van der Waals surface area contributed by atoms with Gasteiger partial charge in [0.1, 0.15) is 43.2 Å². The maximum Gasteiger partial charge on any atom is 0.306 e. The molecule has 17 heteroatoms. The zero-order valence-corrected chi connectivity index (χ0v) is 31.8. The lowest BCUT2D eigenvalue weighted by molar-refractivity contribution is -0.254. The predicted molar refractivity (Wildman–Crippen MR) is 194 cm³/mol. The number of nitrogens with zero attached hydrogens (tertiary/aromatic N) is 3. The number of ether oxygens (including phenoxy) is 3. The number of unbranched alkanes of at least 4 members (excludes halogenated alkanes) is 9. The topological polar surface area (TPSA) is 232 Å². The summed E-state index contributed by atoms with van der Waals surface area (Å²) in [5.41, 5.74) is 0. The molecule has 2 rings (SSSR count). The molecule has 298 valence electrons. The van der Waals surface area contributed by atoms with E-state index in [9.17, 15) is 39.6 Å². The van der Waals surface area contributed by atoms with Crippen molar-refractivity contribution in [2.75, 3.05) is 30.0 Å². The monoisotopic (exact) mass is 759 g/mol. The van der Waals surface area contributed by atoms with Crippen molar-refractivity contribution in [2.24, 2.45) is 0 Å². The Bertz CT molecular complexity index is 1190. The predicted octanol–water partition coefficient (Wildman–Crippen LogP) is 2.77. The van der Waals surface area contributed by atoms with Crippen LogP contribution in [0.1, 0.15) is 123 Å². The van der Waals surface area contributed by atoms with Crippen LogP contribution in [0.25, 0.3) is 0 Å². The number of esters is 2. The summed E-state index contributed by atoms with van der Waals surface area (Å²) in [4.78, 5) is 51.4. The van der Waals surface area contributed by atoms with E-state index in [0.29, 0.717) is 19.3 Å². The van der Waals surface area contributed by atoms with Gasteiger partial charge in [-0.05, 0) is 19.3 Å². The molecule has 0 spiro atoms. The summed E-state index contributed by atoms with van der Waals surface area (Å²) in [6.45, 7) is 5.48. The van der Waals surface area contributed by atoms with Gasteiger partial charge in [-0.15, -0.1) is 5.10 Å². The summed E-state index contributed by atoms with van der Waals surface area (Å²) in [5, 5.41) is 53.3. The Balaban J connectivity index is 2.10. The maximum absolute atomic E-state index is 13.5. The molecule has 52 heavy (non-hydrogen) atoms. The first-order chi connectivity index (χ1) is 25.0. The van der Waals surface area contributed by atoms with Crippen LogP contribution in [0.15, 0.2) is 6.20 Å². The van der Waals surface area contributed by atoms with Crippen LogP contribution in [0.5, 0.6) is 0 Å². The molecule has 0 aromatic carbocycles. The van der Waals surface area contributed by atoms with Crippen molar-refractivity contribution >= 4 is 41.3 Å². The van der Waals surface area contributed by atoms with Crippen molar-refractivity contribution in [3.8, 4) is 0 Å². The standard InChI is InChI=1S/C35H61N5O11S/c1-4-7-10-13-16-28(42)36-25(34(48)37-27-19-40(39-38-27)35-33(47)32(46)31(45)26(20-41)51-35)23-52-22-24(50-30(44)18-15-12-9-6-3)21-49-29(43)17-14-11-8-5-2/h19,24-26,31-33,35,41,45-47H,4-18,20-23H2,1-3H3,(H,36,42)(H,37,48)/t24-,25-,26?,31?,32?,33?,35-/m1/s1. The summed E-state index contributed by atoms with van der Waals surface area (Å²) < 4.78 is 17.7. The van der Waals surface area contributed by atoms with Crippen LogP contribution in [0.2, 0.25) is 0 Å².